The summed E-state index contributed by atoms with van der Waals surface area (Å²) in [7, 11) is 0. The Morgan fingerprint density at radius 1 is 1.75 bits per heavy atom. The van der Waals surface area contributed by atoms with Crippen LogP contribution in [0.2, 0.25) is 0 Å². The lowest BCUT2D eigenvalue weighted by atomic mass is 10.00. The van der Waals surface area contributed by atoms with Gasteiger partial charge in [0.1, 0.15) is 5.17 Å². The van der Waals surface area contributed by atoms with E-state index in [1.54, 1.807) is 19.9 Å². The Labute approximate surface area is 104 Å². The zero-order chi connectivity index (χ0) is 12.4. The second-order valence-corrected chi connectivity index (χ2v) is 5.31. The minimum Gasteiger partial charge on any atom is -0.394 e. The molecule has 4 nitrogen and oxygen atoms in total. The average molecular weight is 265 g/mol. The summed E-state index contributed by atoms with van der Waals surface area (Å²) < 4.78 is 0. The Hall–Kier alpha value is -0.580. The van der Waals surface area contributed by atoms with Crippen LogP contribution in [0.1, 0.15) is 20.3 Å². The van der Waals surface area contributed by atoms with Gasteiger partial charge in [0.2, 0.25) is 5.91 Å². The van der Waals surface area contributed by atoms with Crippen LogP contribution >= 0.6 is 23.2 Å². The van der Waals surface area contributed by atoms with Crippen LogP contribution in [-0.4, -0.2) is 33.2 Å². The number of nitrogens with one attached hydrogen (secondary N) is 1. The molecule has 1 atom stereocenters. The standard InChI is InChI=1S/C10H14Cl2N2O2/c1-9(2,6-15)14-8(16)10(12)4-3-5-13-7(10)11/h3,5,15H,4,6H2,1-2H3,(H,14,16). The third kappa shape index (κ3) is 2.75. The lowest BCUT2D eigenvalue weighted by Crippen LogP contribution is -2.55. The molecule has 0 fully saturated rings. The Kier molecular flexibility index (Phi) is 3.99. The summed E-state index contributed by atoms with van der Waals surface area (Å²) in [5.41, 5.74) is -0.739. The van der Waals surface area contributed by atoms with Gasteiger partial charge in [-0.1, -0.05) is 17.7 Å². The van der Waals surface area contributed by atoms with Crippen molar-refractivity contribution in [3.8, 4) is 0 Å². The van der Waals surface area contributed by atoms with Gasteiger partial charge in [-0.2, -0.15) is 0 Å². The molecule has 1 amide bonds. The third-order valence-corrected chi connectivity index (χ3v) is 3.25. The SMILES string of the molecule is CC(C)(CO)NC(=O)C1(Cl)CC=CN=C1Cl. The second kappa shape index (κ2) is 4.73. The van der Waals surface area contributed by atoms with Crippen molar-refractivity contribution in [1.82, 2.24) is 5.32 Å². The summed E-state index contributed by atoms with van der Waals surface area (Å²) in [5, 5.41) is 11.7. The quantitative estimate of drug-likeness (QED) is 0.758. The van der Waals surface area contributed by atoms with Crippen LogP contribution in [0, 0.1) is 0 Å². The molecule has 0 aromatic carbocycles. The summed E-state index contributed by atoms with van der Waals surface area (Å²) in [6, 6.07) is 0. The Morgan fingerprint density at radius 2 is 2.38 bits per heavy atom. The number of rotatable bonds is 3. The van der Waals surface area contributed by atoms with Crippen LogP contribution in [-0.2, 0) is 4.79 Å². The molecule has 0 aromatic rings. The van der Waals surface area contributed by atoms with Gasteiger partial charge in [-0.15, -0.1) is 11.6 Å². The number of amides is 1. The third-order valence-electron chi connectivity index (χ3n) is 2.23. The molecule has 6 heteroatoms. The predicted octanol–water partition coefficient (Wildman–Crippen LogP) is 1.41. The number of allylic oxidation sites excluding steroid dienone is 1. The normalized spacial score (nSPS) is 25.2. The van der Waals surface area contributed by atoms with Gasteiger partial charge in [-0.05, 0) is 13.8 Å². The maximum atomic E-state index is 12.0. The van der Waals surface area contributed by atoms with Crippen LogP contribution in [0.25, 0.3) is 0 Å². The Bertz CT molecular complexity index is 353. The summed E-state index contributed by atoms with van der Waals surface area (Å²) >= 11 is 12.0. The van der Waals surface area contributed by atoms with E-state index in [1.165, 1.54) is 6.20 Å². The molecule has 0 aromatic heterocycles. The molecule has 0 radical (unpaired) electrons. The van der Waals surface area contributed by atoms with Crippen molar-refractivity contribution >= 4 is 34.3 Å². The first-order chi connectivity index (χ1) is 7.32. The molecule has 2 N–H and O–H groups in total. The van der Waals surface area contributed by atoms with Crippen LogP contribution in [0.5, 0.6) is 0 Å². The molecule has 0 saturated heterocycles. The van der Waals surface area contributed by atoms with Crippen molar-refractivity contribution in [1.29, 1.82) is 0 Å². The molecule has 90 valence electrons. The van der Waals surface area contributed by atoms with Crippen molar-refractivity contribution < 1.29 is 9.90 Å². The van der Waals surface area contributed by atoms with E-state index in [9.17, 15) is 4.79 Å². The van der Waals surface area contributed by atoms with E-state index in [-0.39, 0.29) is 18.2 Å². The van der Waals surface area contributed by atoms with Gasteiger partial charge in [0.15, 0.2) is 4.87 Å². The van der Waals surface area contributed by atoms with Gasteiger partial charge >= 0.3 is 0 Å². The maximum absolute atomic E-state index is 12.0. The van der Waals surface area contributed by atoms with Gasteiger partial charge in [-0.3, -0.25) is 4.79 Å². The molecule has 1 aliphatic rings. The minimum absolute atomic E-state index is 0.0444. The lowest BCUT2D eigenvalue weighted by Gasteiger charge is -2.31. The lowest BCUT2D eigenvalue weighted by molar-refractivity contribution is -0.124. The number of carbonyl (C=O) groups is 1. The first-order valence-corrected chi connectivity index (χ1v) is 5.58. The number of aliphatic hydroxyl groups excluding tert-OH is 1. The van der Waals surface area contributed by atoms with E-state index >= 15 is 0 Å². The largest absolute Gasteiger partial charge is 0.394 e. The van der Waals surface area contributed by atoms with Crippen LogP contribution in [0.3, 0.4) is 0 Å². The monoisotopic (exact) mass is 264 g/mol. The van der Waals surface area contributed by atoms with Gasteiger partial charge in [-0.25, -0.2) is 4.99 Å². The van der Waals surface area contributed by atoms with Crippen LogP contribution < -0.4 is 5.32 Å². The molecule has 1 unspecified atom stereocenters. The van der Waals surface area contributed by atoms with E-state index in [0.29, 0.717) is 0 Å². The van der Waals surface area contributed by atoms with Crippen molar-refractivity contribution in [3.05, 3.63) is 12.3 Å². The predicted molar refractivity (Wildman–Crippen MR) is 64.9 cm³/mol. The van der Waals surface area contributed by atoms with E-state index in [2.05, 4.69) is 10.3 Å². The summed E-state index contributed by atoms with van der Waals surface area (Å²) in [5.74, 6) is -0.452. The molecule has 1 rings (SSSR count). The fourth-order valence-corrected chi connectivity index (χ4v) is 1.56. The number of carbonyl (C=O) groups excluding carboxylic acids is 1. The van der Waals surface area contributed by atoms with Crippen molar-refractivity contribution in [2.45, 2.75) is 30.7 Å². The first kappa shape index (κ1) is 13.5. The first-order valence-electron chi connectivity index (χ1n) is 4.83. The number of alkyl halides is 1. The Morgan fingerprint density at radius 3 is 2.88 bits per heavy atom. The highest BCUT2D eigenvalue weighted by atomic mass is 35.5. The number of aliphatic hydroxyl groups is 1. The molecule has 0 bridgehead atoms. The molecule has 1 heterocycles. The van der Waals surface area contributed by atoms with Crippen LogP contribution in [0.15, 0.2) is 17.3 Å². The fraction of sp³-hybridized carbons (Fsp3) is 0.600. The molecule has 1 aliphatic heterocycles. The average Bonchev–Trinajstić information content (AvgIpc) is 2.22. The molecular weight excluding hydrogens is 251 g/mol. The molecular formula is C10H14Cl2N2O2. The van der Waals surface area contributed by atoms with E-state index in [1.807, 2.05) is 0 Å². The van der Waals surface area contributed by atoms with Crippen molar-refractivity contribution in [3.63, 3.8) is 0 Å². The zero-order valence-electron chi connectivity index (χ0n) is 9.13. The number of aliphatic imine (C=N–C) groups is 1. The molecule has 0 aliphatic carbocycles. The van der Waals surface area contributed by atoms with Crippen molar-refractivity contribution in [2.75, 3.05) is 6.61 Å². The van der Waals surface area contributed by atoms with Gasteiger partial charge in [0.05, 0.1) is 12.1 Å². The van der Waals surface area contributed by atoms with E-state index in [0.717, 1.165) is 0 Å². The van der Waals surface area contributed by atoms with Crippen LogP contribution in [0.4, 0.5) is 0 Å². The van der Waals surface area contributed by atoms with Crippen molar-refractivity contribution in [2.24, 2.45) is 4.99 Å². The maximum Gasteiger partial charge on any atom is 0.249 e. The summed E-state index contributed by atoms with van der Waals surface area (Å²) in [4.78, 5) is 14.4. The van der Waals surface area contributed by atoms with Gasteiger partial charge in [0.25, 0.3) is 0 Å². The Balaban J connectivity index is 2.82. The topological polar surface area (TPSA) is 61.7 Å². The van der Waals surface area contributed by atoms with Gasteiger partial charge < -0.3 is 10.4 Å². The number of halogens is 2. The van der Waals surface area contributed by atoms with E-state index < -0.39 is 16.3 Å². The highest BCUT2D eigenvalue weighted by Gasteiger charge is 2.42. The highest BCUT2D eigenvalue weighted by Crippen LogP contribution is 2.29. The number of nitrogens with zero attached hydrogens (tertiary/aromatic N) is 1. The highest BCUT2D eigenvalue weighted by molar-refractivity contribution is 6.76. The number of hydrogen-bond donors (Lipinski definition) is 2. The fourth-order valence-electron chi connectivity index (χ4n) is 1.15. The zero-order valence-corrected chi connectivity index (χ0v) is 10.6. The number of hydrogen-bond acceptors (Lipinski definition) is 3. The van der Waals surface area contributed by atoms with Gasteiger partial charge in [0, 0.05) is 12.6 Å². The molecule has 0 spiro atoms. The minimum atomic E-state index is -1.36. The molecule has 0 saturated carbocycles. The second-order valence-electron chi connectivity index (χ2n) is 4.31. The smallest absolute Gasteiger partial charge is 0.249 e. The van der Waals surface area contributed by atoms with E-state index in [4.69, 9.17) is 28.3 Å². The summed E-state index contributed by atoms with van der Waals surface area (Å²) in [6.07, 6.45) is 3.46. The molecule has 16 heavy (non-hydrogen) atoms. The summed E-state index contributed by atoms with van der Waals surface area (Å²) in [6.45, 7) is 3.19.